The first-order valence-corrected chi connectivity index (χ1v) is 33.0. The molecule has 0 fully saturated rings. The summed E-state index contributed by atoms with van der Waals surface area (Å²) in [6, 6.07) is 65.3. The van der Waals surface area contributed by atoms with Gasteiger partial charge in [0.1, 0.15) is 11.6 Å². The van der Waals surface area contributed by atoms with Gasteiger partial charge in [-0.1, -0.05) is 41.7 Å². The van der Waals surface area contributed by atoms with Gasteiger partial charge >= 0.3 is 84.3 Å². The van der Waals surface area contributed by atoms with E-state index in [1.165, 1.54) is 0 Å². The molecule has 23 nitrogen and oxygen atoms in total. The van der Waals surface area contributed by atoms with Crippen molar-refractivity contribution in [2.75, 3.05) is 0 Å². The van der Waals surface area contributed by atoms with E-state index in [1.54, 1.807) is 28.0 Å². The van der Waals surface area contributed by atoms with Crippen LogP contribution in [0.1, 0.15) is 102 Å². The van der Waals surface area contributed by atoms with Gasteiger partial charge in [0.15, 0.2) is 5.82 Å². The number of rotatable bonds is 16. The van der Waals surface area contributed by atoms with Crippen molar-refractivity contribution in [2.24, 2.45) is 0 Å². The Morgan fingerprint density at radius 3 is 1.16 bits per heavy atom. The number of benzene rings is 4. The molecule has 106 heavy (non-hydrogen) atoms. The van der Waals surface area contributed by atoms with Gasteiger partial charge in [0.2, 0.25) is 0 Å². The molecular weight excluding hydrogens is 2050 g/mol. The van der Waals surface area contributed by atoms with Gasteiger partial charge in [0.25, 0.3) is 5.95 Å². The molecule has 27 heteroatoms. The van der Waals surface area contributed by atoms with Crippen LogP contribution in [0.25, 0.3) is 68.7 Å². The molecule has 0 saturated carbocycles. The van der Waals surface area contributed by atoms with Gasteiger partial charge in [-0.3, -0.25) is 9.36 Å². The average molecular weight is 2120 g/mol. The van der Waals surface area contributed by atoms with Crippen LogP contribution >= 0.6 is 0 Å². The summed E-state index contributed by atoms with van der Waals surface area (Å²) in [6.45, 7) is 19.6. The van der Waals surface area contributed by atoms with Crippen LogP contribution in [-0.4, -0.2) is 94.4 Å². The second-order valence-corrected chi connectivity index (χ2v) is 24.6. The van der Waals surface area contributed by atoms with Crippen LogP contribution in [0.3, 0.4) is 0 Å². The number of aromatic nitrogens is 23. The summed E-state index contributed by atoms with van der Waals surface area (Å²) in [6.07, 6.45) is 11.8. The molecule has 4 aromatic carbocycles. The van der Waals surface area contributed by atoms with Gasteiger partial charge < -0.3 is 40.8 Å². The van der Waals surface area contributed by atoms with Crippen molar-refractivity contribution in [3.8, 4) is 68.7 Å². The van der Waals surface area contributed by atoms with Crippen molar-refractivity contribution in [3.63, 3.8) is 0 Å². The molecule has 0 aliphatic carbocycles. The Labute approximate surface area is 672 Å². The van der Waals surface area contributed by atoms with Gasteiger partial charge in [-0.2, -0.15) is 79.0 Å². The molecule has 0 aliphatic rings. The average Bonchev–Trinajstić information content (AvgIpc) is 1.12. The van der Waals surface area contributed by atoms with E-state index in [9.17, 15) is 0 Å². The van der Waals surface area contributed by atoms with E-state index in [0.717, 1.165) is 142 Å². The number of aryl methyl sites for hydroxylation is 10. The van der Waals surface area contributed by atoms with Crippen molar-refractivity contribution >= 4 is 0 Å². The topological polar surface area (TPSA) is 269 Å². The van der Waals surface area contributed by atoms with E-state index in [-0.39, 0.29) is 84.3 Å². The second kappa shape index (κ2) is 37.1. The summed E-state index contributed by atoms with van der Waals surface area (Å²) in [7, 11) is 0. The zero-order chi connectivity index (χ0) is 70.6. The van der Waals surface area contributed by atoms with Crippen LogP contribution in [0.4, 0.5) is 0 Å². The summed E-state index contributed by atoms with van der Waals surface area (Å²) in [5.74, 6) is 2.59. The predicted octanol–water partition coefficient (Wildman–Crippen LogP) is 12.0. The normalized spacial score (nSPS) is 10.6. The van der Waals surface area contributed by atoms with Crippen LogP contribution in [0.5, 0.6) is 0 Å². The van der Waals surface area contributed by atoms with E-state index in [2.05, 4.69) is 127 Å². The fourth-order valence-electron chi connectivity index (χ4n) is 11.1. The Bertz CT molecular complexity index is 5020. The fourth-order valence-corrected chi connectivity index (χ4v) is 11.1. The molecule has 0 amide bonds. The number of hydrogen-bond acceptors (Lipinski definition) is 15. The Hall–Kier alpha value is -10.3. The summed E-state index contributed by atoms with van der Waals surface area (Å²) >= 11 is 0. The minimum atomic E-state index is 0. The summed E-state index contributed by atoms with van der Waals surface area (Å²) in [5.41, 5.74) is 24.3. The second-order valence-electron chi connectivity index (χ2n) is 24.6. The van der Waals surface area contributed by atoms with Crippen molar-refractivity contribution in [1.29, 1.82) is 0 Å². The third-order valence-corrected chi connectivity index (χ3v) is 15.8. The van der Waals surface area contributed by atoms with E-state index < -0.39 is 0 Å². The molecule has 12 aromatic heterocycles. The molecule has 0 radical (unpaired) electrons. The zero-order valence-electron chi connectivity index (χ0n) is 59.3. The standard InChI is InChI=1S/2C20H18N6.C20H17N5.C19H16N6.4Pt/c1-13-10-19(24-23-13)20-21-8-7-17(22-20)11-16-5-4-6-18(12-16)26-15(3)9-14(2)25-26;1-13-10-19(24-23-13)17-6-4-5-16(11-17)12-18-7-8-21-20(22-18)26-15(3)9-14(2)25-26;1-14-9-10-25(24-14)20-8-4-7-18(21-20)13-16-5-3-6-17(12-16)19-11-15(2)22-23-19;1-13-7-9-25(24-13)17-5-3-4-15(12-17)11-16-6-8-20-19(21-16)18-10-14(2)22-23-18;;;;/h4-10H,11H2,1-3H3;4-10H,12H2,1-3H3;3-11H,13H2,1-2H3;3-10H,11H2,1-2H3;;;;/q4*-2;4*+2. The van der Waals surface area contributed by atoms with E-state index in [0.29, 0.717) is 54.7 Å². The number of pyridine rings is 1. The Balaban J connectivity index is 0.000000161. The molecule has 0 aliphatic heterocycles. The number of hydrogen-bond donors (Lipinski definition) is 0. The molecule has 0 atom stereocenters. The molecule has 0 saturated heterocycles. The minimum absolute atomic E-state index is 0. The Kier molecular flexibility index (Phi) is 27.9. The Morgan fingerprint density at radius 1 is 0.321 bits per heavy atom. The minimum Gasteiger partial charge on any atom is -0.619 e. The predicted molar refractivity (Wildman–Crippen MR) is 385 cm³/mol. The van der Waals surface area contributed by atoms with Crippen molar-refractivity contribution in [2.45, 2.75) is 94.9 Å². The maximum absolute atomic E-state index is 4.71. The van der Waals surface area contributed by atoms with E-state index in [4.69, 9.17) is 4.98 Å². The fraction of sp³-hybridized carbons (Fsp3) is 0.177. The van der Waals surface area contributed by atoms with Gasteiger partial charge in [0, 0.05) is 87.9 Å². The SMILES string of the molecule is Cc1cc(-c2[c-]c(Cc3cccc(-n4ccc(C)n4)n3)ccc2)[n-]n1.Cc1cc(-c2[c-]c(Cc3ccnc(-n4nc(C)cc4C)n3)ccc2)[n-]n1.Cc1cc(-c2nccc(Cc3[c-]c(-n4ccc(C)n4)ccc3)n2)[n-]n1.Cc1cc(-c2nccc(Cc3[c-]c(-n4nc(C)cc4C)ccc3)n2)[n-]n1.[Pt+2].[Pt+2].[Pt+2].[Pt+2]. The van der Waals surface area contributed by atoms with Crippen LogP contribution in [0.2, 0.25) is 0 Å². The zero-order valence-corrected chi connectivity index (χ0v) is 68.4. The molecule has 0 spiro atoms. The van der Waals surface area contributed by atoms with Gasteiger partial charge in [-0.25, -0.2) is 55.6 Å². The largest absolute Gasteiger partial charge is 2.00 e. The van der Waals surface area contributed by atoms with Crippen molar-refractivity contribution < 1.29 is 84.3 Å². The smallest absolute Gasteiger partial charge is 0.619 e. The maximum Gasteiger partial charge on any atom is 2.00 e. The third kappa shape index (κ3) is 21.0. The monoisotopic (exact) mass is 2120 g/mol. The first-order valence-electron chi connectivity index (χ1n) is 33.0. The quantitative estimate of drug-likeness (QED) is 0.0813. The summed E-state index contributed by atoms with van der Waals surface area (Å²) < 4.78 is 7.29. The van der Waals surface area contributed by atoms with Crippen LogP contribution in [0.15, 0.2) is 189 Å². The molecule has 0 N–H and O–H groups in total. The molecule has 0 unspecified atom stereocenters. The van der Waals surface area contributed by atoms with Gasteiger partial charge in [-0.15, -0.1) is 71.8 Å². The van der Waals surface area contributed by atoms with Gasteiger partial charge in [0.05, 0.1) is 22.8 Å². The van der Waals surface area contributed by atoms with E-state index in [1.807, 2.05) is 237 Å². The molecule has 16 rings (SSSR count). The summed E-state index contributed by atoms with van der Waals surface area (Å²) in [5, 5.41) is 50.5. The molecule has 540 valence electrons. The molecule has 0 bridgehead atoms. The maximum atomic E-state index is 4.71. The molecule has 16 aromatic rings. The Morgan fingerprint density at radius 2 is 0.717 bits per heavy atom. The van der Waals surface area contributed by atoms with Crippen molar-refractivity contribution in [3.05, 3.63) is 315 Å². The molecular formula is C79H69N23Pt4. The number of nitrogens with zero attached hydrogens (tertiary/aromatic N) is 23. The first kappa shape index (κ1) is 79.8. The third-order valence-electron chi connectivity index (χ3n) is 15.8. The first-order chi connectivity index (χ1) is 49.5. The molecule has 12 heterocycles. The van der Waals surface area contributed by atoms with Crippen molar-refractivity contribution in [1.82, 2.24) is 115 Å². The van der Waals surface area contributed by atoms with Crippen LogP contribution in [-0.2, 0) is 110 Å². The summed E-state index contributed by atoms with van der Waals surface area (Å²) in [4.78, 5) is 31.5. The van der Waals surface area contributed by atoms with Crippen LogP contribution < -0.4 is 20.4 Å². The van der Waals surface area contributed by atoms with Crippen LogP contribution in [0, 0.1) is 93.5 Å². The van der Waals surface area contributed by atoms with E-state index >= 15 is 0 Å². The van der Waals surface area contributed by atoms with Gasteiger partial charge in [-0.05, 0) is 161 Å².